The SMILES string of the molecule is N#Cc1cn(-c2ccc[nH]2)cc1N. The third-order valence-electron chi connectivity index (χ3n) is 1.84. The highest BCUT2D eigenvalue weighted by atomic mass is 15.0. The highest BCUT2D eigenvalue weighted by Crippen LogP contribution is 2.15. The van der Waals surface area contributed by atoms with Gasteiger partial charge in [-0.3, -0.25) is 0 Å². The van der Waals surface area contributed by atoms with Gasteiger partial charge in [-0.05, 0) is 12.1 Å². The Kier molecular flexibility index (Phi) is 1.57. The zero-order valence-electron chi connectivity index (χ0n) is 6.86. The first-order valence-corrected chi connectivity index (χ1v) is 3.82. The lowest BCUT2D eigenvalue weighted by atomic mass is 10.3. The van der Waals surface area contributed by atoms with E-state index in [0.29, 0.717) is 11.3 Å². The second kappa shape index (κ2) is 2.72. The molecule has 0 unspecified atom stereocenters. The first-order valence-electron chi connectivity index (χ1n) is 3.82. The molecule has 4 nitrogen and oxygen atoms in total. The summed E-state index contributed by atoms with van der Waals surface area (Å²) >= 11 is 0. The van der Waals surface area contributed by atoms with E-state index < -0.39 is 0 Å². The molecule has 64 valence electrons. The van der Waals surface area contributed by atoms with Gasteiger partial charge in [0, 0.05) is 18.6 Å². The smallest absolute Gasteiger partial charge is 0.114 e. The zero-order valence-corrected chi connectivity index (χ0v) is 6.86. The van der Waals surface area contributed by atoms with E-state index in [0.717, 1.165) is 5.82 Å². The Balaban J connectivity index is 2.50. The quantitative estimate of drug-likeness (QED) is 0.679. The minimum atomic E-state index is 0.495. The van der Waals surface area contributed by atoms with Crippen LogP contribution in [-0.2, 0) is 0 Å². The first-order chi connectivity index (χ1) is 6.31. The van der Waals surface area contributed by atoms with Gasteiger partial charge in [-0.25, -0.2) is 0 Å². The Labute approximate surface area is 75.2 Å². The largest absolute Gasteiger partial charge is 0.396 e. The molecule has 0 bridgehead atoms. The molecule has 2 aromatic rings. The van der Waals surface area contributed by atoms with Gasteiger partial charge in [0.1, 0.15) is 11.9 Å². The number of hydrogen-bond donors (Lipinski definition) is 2. The number of nitriles is 1. The number of rotatable bonds is 1. The molecule has 2 heterocycles. The summed E-state index contributed by atoms with van der Waals surface area (Å²) in [4.78, 5) is 3.02. The minimum absolute atomic E-state index is 0.495. The summed E-state index contributed by atoms with van der Waals surface area (Å²) in [5.74, 6) is 0.896. The molecule has 0 radical (unpaired) electrons. The number of nitrogens with two attached hydrogens (primary N) is 1. The van der Waals surface area contributed by atoms with Gasteiger partial charge in [0.2, 0.25) is 0 Å². The normalized spacial score (nSPS) is 9.77. The molecular weight excluding hydrogens is 164 g/mol. The fourth-order valence-corrected chi connectivity index (χ4v) is 1.18. The Morgan fingerprint density at radius 3 is 2.85 bits per heavy atom. The summed E-state index contributed by atoms with van der Waals surface area (Å²) < 4.78 is 1.79. The number of anilines is 1. The molecule has 0 aliphatic heterocycles. The standard InChI is InChI=1S/C9H8N4/c10-4-7-5-13(6-8(7)11)9-2-1-3-12-9/h1-3,5-6,12H,11H2. The maximum atomic E-state index is 8.68. The van der Waals surface area contributed by atoms with Crippen LogP contribution in [0.4, 0.5) is 5.69 Å². The van der Waals surface area contributed by atoms with Crippen LogP contribution in [0.5, 0.6) is 0 Å². The molecule has 3 N–H and O–H groups in total. The molecule has 13 heavy (non-hydrogen) atoms. The lowest BCUT2D eigenvalue weighted by Crippen LogP contribution is -1.88. The third-order valence-corrected chi connectivity index (χ3v) is 1.84. The highest BCUT2D eigenvalue weighted by Gasteiger charge is 2.03. The van der Waals surface area contributed by atoms with E-state index in [1.54, 1.807) is 17.0 Å². The second-order valence-electron chi connectivity index (χ2n) is 2.70. The van der Waals surface area contributed by atoms with Gasteiger partial charge in [0.25, 0.3) is 0 Å². The van der Waals surface area contributed by atoms with E-state index in [9.17, 15) is 0 Å². The van der Waals surface area contributed by atoms with Crippen molar-refractivity contribution in [2.75, 3.05) is 5.73 Å². The van der Waals surface area contributed by atoms with Crippen LogP contribution in [0, 0.1) is 11.3 Å². The molecule has 0 aliphatic rings. The van der Waals surface area contributed by atoms with Crippen LogP contribution in [0.3, 0.4) is 0 Å². The highest BCUT2D eigenvalue weighted by molar-refractivity contribution is 5.54. The van der Waals surface area contributed by atoms with Gasteiger partial charge in [-0.15, -0.1) is 0 Å². The number of nitrogen functional groups attached to an aromatic ring is 1. The van der Waals surface area contributed by atoms with Gasteiger partial charge in [0.15, 0.2) is 0 Å². The number of nitrogens with zero attached hydrogens (tertiary/aromatic N) is 2. The molecule has 0 fully saturated rings. The molecule has 0 atom stereocenters. The summed E-state index contributed by atoms with van der Waals surface area (Å²) in [6.07, 6.45) is 5.23. The maximum absolute atomic E-state index is 8.68. The van der Waals surface area contributed by atoms with Crippen LogP contribution in [0.25, 0.3) is 5.82 Å². The summed E-state index contributed by atoms with van der Waals surface area (Å²) in [7, 11) is 0. The second-order valence-corrected chi connectivity index (χ2v) is 2.70. The first kappa shape index (κ1) is 7.50. The molecular formula is C9H8N4. The van der Waals surface area contributed by atoms with Crippen molar-refractivity contribution in [1.82, 2.24) is 9.55 Å². The minimum Gasteiger partial charge on any atom is -0.396 e. The molecule has 4 heteroatoms. The van der Waals surface area contributed by atoms with Gasteiger partial charge in [-0.2, -0.15) is 5.26 Å². The van der Waals surface area contributed by atoms with Crippen molar-refractivity contribution in [1.29, 1.82) is 5.26 Å². The lowest BCUT2D eigenvalue weighted by molar-refractivity contribution is 1.03. The van der Waals surface area contributed by atoms with E-state index in [1.807, 2.05) is 24.4 Å². The molecule has 2 rings (SSSR count). The summed E-state index contributed by atoms with van der Waals surface area (Å²) in [6.45, 7) is 0. The molecule has 2 aromatic heterocycles. The number of nitrogens with one attached hydrogen (secondary N) is 1. The summed E-state index contributed by atoms with van der Waals surface area (Å²) in [6, 6.07) is 5.81. The van der Waals surface area contributed by atoms with Crippen molar-refractivity contribution in [2.24, 2.45) is 0 Å². The Hall–Kier alpha value is -2.15. The number of aromatic nitrogens is 2. The molecule has 0 aromatic carbocycles. The van der Waals surface area contributed by atoms with Crippen LogP contribution >= 0.6 is 0 Å². The predicted molar refractivity (Wildman–Crippen MR) is 49.2 cm³/mol. The van der Waals surface area contributed by atoms with Crippen molar-refractivity contribution >= 4 is 5.69 Å². The van der Waals surface area contributed by atoms with E-state index in [2.05, 4.69) is 4.98 Å². The lowest BCUT2D eigenvalue weighted by Gasteiger charge is -1.95. The van der Waals surface area contributed by atoms with Crippen LogP contribution in [0.2, 0.25) is 0 Å². The third kappa shape index (κ3) is 1.16. The van der Waals surface area contributed by atoms with Crippen LogP contribution in [-0.4, -0.2) is 9.55 Å². The van der Waals surface area contributed by atoms with Crippen LogP contribution in [0.15, 0.2) is 30.7 Å². The average molecular weight is 172 g/mol. The molecule has 0 saturated carbocycles. The fourth-order valence-electron chi connectivity index (χ4n) is 1.18. The zero-order chi connectivity index (χ0) is 9.26. The van der Waals surface area contributed by atoms with Gasteiger partial charge >= 0.3 is 0 Å². The summed E-state index contributed by atoms with van der Waals surface area (Å²) in [5.41, 5.74) is 6.59. The maximum Gasteiger partial charge on any atom is 0.114 e. The molecule has 0 spiro atoms. The van der Waals surface area contributed by atoms with Gasteiger partial charge in [0.05, 0.1) is 11.3 Å². The Bertz CT molecular complexity index is 444. The number of H-pyrrole nitrogens is 1. The monoisotopic (exact) mass is 172 g/mol. The average Bonchev–Trinajstić information content (AvgIpc) is 2.71. The van der Waals surface area contributed by atoms with Crippen molar-refractivity contribution < 1.29 is 0 Å². The van der Waals surface area contributed by atoms with Gasteiger partial charge < -0.3 is 15.3 Å². The van der Waals surface area contributed by atoms with Crippen molar-refractivity contribution in [3.05, 3.63) is 36.3 Å². The number of aromatic amines is 1. The van der Waals surface area contributed by atoms with Crippen LogP contribution < -0.4 is 5.73 Å². The molecule has 0 saturated heterocycles. The van der Waals surface area contributed by atoms with E-state index >= 15 is 0 Å². The van der Waals surface area contributed by atoms with Crippen molar-refractivity contribution in [3.63, 3.8) is 0 Å². The van der Waals surface area contributed by atoms with E-state index in [-0.39, 0.29) is 0 Å². The summed E-state index contributed by atoms with van der Waals surface area (Å²) in [5, 5.41) is 8.68. The fraction of sp³-hybridized carbons (Fsp3) is 0. The Morgan fingerprint density at radius 2 is 2.31 bits per heavy atom. The van der Waals surface area contributed by atoms with E-state index in [4.69, 9.17) is 11.0 Å². The number of hydrogen-bond acceptors (Lipinski definition) is 2. The van der Waals surface area contributed by atoms with E-state index in [1.165, 1.54) is 0 Å². The Morgan fingerprint density at radius 1 is 1.46 bits per heavy atom. The predicted octanol–water partition coefficient (Wildman–Crippen LogP) is 1.26. The van der Waals surface area contributed by atoms with Gasteiger partial charge in [-0.1, -0.05) is 0 Å². The topological polar surface area (TPSA) is 70.5 Å². The molecule has 0 amide bonds. The van der Waals surface area contributed by atoms with Crippen molar-refractivity contribution in [3.8, 4) is 11.9 Å². The molecule has 0 aliphatic carbocycles. The van der Waals surface area contributed by atoms with Crippen molar-refractivity contribution in [2.45, 2.75) is 0 Å². The van der Waals surface area contributed by atoms with Crippen LogP contribution in [0.1, 0.15) is 5.56 Å².